The van der Waals surface area contributed by atoms with Crippen molar-refractivity contribution in [3.63, 3.8) is 0 Å². The normalized spacial score (nSPS) is 10.6. The Kier molecular flexibility index (Phi) is 5.07. The Bertz CT molecular complexity index is 526. The van der Waals surface area contributed by atoms with Gasteiger partial charge in [-0.25, -0.2) is 0 Å². The van der Waals surface area contributed by atoms with Gasteiger partial charge in [-0.3, -0.25) is 0 Å². The molecule has 2 rings (SSSR count). The van der Waals surface area contributed by atoms with Crippen molar-refractivity contribution in [3.05, 3.63) is 68.1 Å². The summed E-state index contributed by atoms with van der Waals surface area (Å²) >= 11 is 15.4. The fourth-order valence-corrected chi connectivity index (χ4v) is 2.27. The number of benzene rings is 2. The fraction of sp³-hybridized carbons (Fsp3) is 0.143. The molecule has 0 spiro atoms. The summed E-state index contributed by atoms with van der Waals surface area (Å²) in [5, 5.41) is 4.79. The first-order valence-corrected chi connectivity index (χ1v) is 7.09. The van der Waals surface area contributed by atoms with E-state index in [4.69, 9.17) is 23.2 Å². The fourth-order valence-electron chi connectivity index (χ4n) is 1.62. The van der Waals surface area contributed by atoms with Crippen LogP contribution in [0.4, 0.5) is 0 Å². The van der Waals surface area contributed by atoms with Crippen molar-refractivity contribution in [1.82, 2.24) is 5.32 Å². The molecule has 0 aliphatic heterocycles. The molecule has 0 aliphatic rings. The Morgan fingerprint density at radius 1 is 0.944 bits per heavy atom. The van der Waals surface area contributed by atoms with Crippen molar-refractivity contribution in [1.29, 1.82) is 0 Å². The van der Waals surface area contributed by atoms with Crippen LogP contribution < -0.4 is 5.32 Å². The third-order valence-corrected chi connectivity index (χ3v) is 3.70. The van der Waals surface area contributed by atoms with Crippen LogP contribution in [0.25, 0.3) is 0 Å². The average Bonchev–Trinajstić information content (AvgIpc) is 2.36. The zero-order chi connectivity index (χ0) is 13.0. The van der Waals surface area contributed by atoms with E-state index in [1.54, 1.807) is 6.07 Å². The van der Waals surface area contributed by atoms with Gasteiger partial charge < -0.3 is 5.32 Å². The van der Waals surface area contributed by atoms with E-state index in [1.165, 1.54) is 5.56 Å². The summed E-state index contributed by atoms with van der Waals surface area (Å²) in [7, 11) is 0. The van der Waals surface area contributed by atoms with Crippen LogP contribution in [-0.2, 0) is 13.1 Å². The number of halogens is 3. The zero-order valence-electron chi connectivity index (χ0n) is 9.59. The van der Waals surface area contributed by atoms with Crippen LogP contribution in [0.3, 0.4) is 0 Å². The molecule has 0 aliphatic carbocycles. The average molecular weight is 345 g/mol. The Labute approximate surface area is 125 Å². The largest absolute Gasteiger partial charge is 0.309 e. The molecule has 0 atom stereocenters. The highest BCUT2D eigenvalue weighted by atomic mass is 79.9. The van der Waals surface area contributed by atoms with Gasteiger partial charge in [0.05, 0.1) is 0 Å². The highest BCUT2D eigenvalue weighted by Crippen LogP contribution is 2.20. The Morgan fingerprint density at radius 2 is 1.67 bits per heavy atom. The molecule has 4 heteroatoms. The van der Waals surface area contributed by atoms with Crippen LogP contribution in [0.15, 0.2) is 46.9 Å². The van der Waals surface area contributed by atoms with Gasteiger partial charge in [-0.2, -0.15) is 0 Å². The van der Waals surface area contributed by atoms with E-state index in [0.717, 1.165) is 21.6 Å². The van der Waals surface area contributed by atoms with Gasteiger partial charge in [-0.1, -0.05) is 51.3 Å². The summed E-state index contributed by atoms with van der Waals surface area (Å²) in [4.78, 5) is 0. The van der Waals surface area contributed by atoms with Gasteiger partial charge in [0.1, 0.15) is 0 Å². The van der Waals surface area contributed by atoms with E-state index in [1.807, 2.05) is 24.3 Å². The predicted molar refractivity (Wildman–Crippen MR) is 81.1 cm³/mol. The maximum absolute atomic E-state index is 6.09. The summed E-state index contributed by atoms with van der Waals surface area (Å²) in [6.07, 6.45) is 0. The van der Waals surface area contributed by atoms with Crippen molar-refractivity contribution < 1.29 is 0 Å². The van der Waals surface area contributed by atoms with Crippen LogP contribution in [0, 0.1) is 0 Å². The lowest BCUT2D eigenvalue weighted by atomic mass is 10.2. The van der Waals surface area contributed by atoms with Gasteiger partial charge >= 0.3 is 0 Å². The van der Waals surface area contributed by atoms with Gasteiger partial charge in [0.15, 0.2) is 0 Å². The summed E-state index contributed by atoms with van der Waals surface area (Å²) in [5.74, 6) is 0. The minimum atomic E-state index is 0.704. The standard InChI is InChI=1S/C14H12BrCl2N/c15-12-3-1-10(2-4-12)8-18-9-11-7-13(16)5-6-14(11)17/h1-7,18H,8-9H2. The molecule has 2 aromatic rings. The van der Waals surface area contributed by atoms with Crippen molar-refractivity contribution >= 4 is 39.1 Å². The smallest absolute Gasteiger partial charge is 0.0451 e. The van der Waals surface area contributed by atoms with E-state index < -0.39 is 0 Å². The molecule has 1 nitrogen and oxygen atoms in total. The molecule has 0 saturated heterocycles. The first kappa shape index (κ1) is 13.9. The molecule has 1 N–H and O–H groups in total. The minimum Gasteiger partial charge on any atom is -0.309 e. The first-order valence-electron chi connectivity index (χ1n) is 5.54. The molecule has 94 valence electrons. The molecule has 0 saturated carbocycles. The van der Waals surface area contributed by atoms with Crippen LogP contribution in [-0.4, -0.2) is 0 Å². The summed E-state index contributed by atoms with van der Waals surface area (Å²) in [6.45, 7) is 1.51. The molecule has 18 heavy (non-hydrogen) atoms. The Morgan fingerprint density at radius 3 is 2.39 bits per heavy atom. The van der Waals surface area contributed by atoms with Crippen molar-refractivity contribution in [2.75, 3.05) is 0 Å². The SMILES string of the molecule is Clc1ccc(Cl)c(CNCc2ccc(Br)cc2)c1. The third kappa shape index (κ3) is 3.99. The van der Waals surface area contributed by atoms with Crippen molar-refractivity contribution in [2.24, 2.45) is 0 Å². The van der Waals surface area contributed by atoms with E-state index in [0.29, 0.717) is 11.6 Å². The maximum Gasteiger partial charge on any atom is 0.0451 e. The predicted octanol–water partition coefficient (Wildman–Crippen LogP) is 5.05. The lowest BCUT2D eigenvalue weighted by Crippen LogP contribution is -2.12. The Balaban J connectivity index is 1.92. The van der Waals surface area contributed by atoms with Crippen molar-refractivity contribution in [3.8, 4) is 0 Å². The monoisotopic (exact) mass is 343 g/mol. The van der Waals surface area contributed by atoms with E-state index in [9.17, 15) is 0 Å². The number of rotatable bonds is 4. The number of hydrogen-bond acceptors (Lipinski definition) is 1. The molecule has 0 unspecified atom stereocenters. The maximum atomic E-state index is 6.09. The molecule has 0 radical (unpaired) electrons. The molecular weight excluding hydrogens is 333 g/mol. The van der Waals surface area contributed by atoms with Crippen LogP contribution in [0.1, 0.15) is 11.1 Å². The first-order chi connectivity index (χ1) is 8.65. The van der Waals surface area contributed by atoms with Gasteiger partial charge in [0, 0.05) is 27.6 Å². The lowest BCUT2D eigenvalue weighted by molar-refractivity contribution is 0.693. The van der Waals surface area contributed by atoms with Crippen LogP contribution in [0.5, 0.6) is 0 Å². The summed E-state index contributed by atoms with van der Waals surface area (Å²) < 4.78 is 1.09. The molecule has 0 amide bonds. The van der Waals surface area contributed by atoms with Crippen molar-refractivity contribution in [2.45, 2.75) is 13.1 Å². The van der Waals surface area contributed by atoms with Crippen LogP contribution in [0.2, 0.25) is 10.0 Å². The second kappa shape index (κ2) is 6.58. The van der Waals surface area contributed by atoms with E-state index >= 15 is 0 Å². The second-order valence-electron chi connectivity index (χ2n) is 3.97. The van der Waals surface area contributed by atoms with Gasteiger partial charge in [0.2, 0.25) is 0 Å². The number of nitrogens with one attached hydrogen (secondary N) is 1. The lowest BCUT2D eigenvalue weighted by Gasteiger charge is -2.07. The number of hydrogen-bond donors (Lipinski definition) is 1. The highest BCUT2D eigenvalue weighted by Gasteiger charge is 2.01. The quantitative estimate of drug-likeness (QED) is 0.818. The topological polar surface area (TPSA) is 12.0 Å². The summed E-state index contributed by atoms with van der Waals surface area (Å²) in [5.41, 5.74) is 2.25. The summed E-state index contributed by atoms with van der Waals surface area (Å²) in [6, 6.07) is 13.7. The molecule has 0 fully saturated rings. The zero-order valence-corrected chi connectivity index (χ0v) is 12.7. The van der Waals surface area contributed by atoms with Gasteiger partial charge in [-0.05, 0) is 41.5 Å². The third-order valence-electron chi connectivity index (χ3n) is 2.57. The molecule has 0 aromatic heterocycles. The van der Waals surface area contributed by atoms with Gasteiger partial charge in [-0.15, -0.1) is 0 Å². The molecule has 0 bridgehead atoms. The van der Waals surface area contributed by atoms with E-state index in [-0.39, 0.29) is 0 Å². The second-order valence-corrected chi connectivity index (χ2v) is 5.73. The molecule has 0 heterocycles. The molecular formula is C14H12BrCl2N. The van der Waals surface area contributed by atoms with Crippen LogP contribution >= 0.6 is 39.1 Å². The van der Waals surface area contributed by atoms with Gasteiger partial charge in [0.25, 0.3) is 0 Å². The molecule has 2 aromatic carbocycles. The van der Waals surface area contributed by atoms with E-state index in [2.05, 4.69) is 33.4 Å². The Hall–Kier alpha value is -0.540. The minimum absolute atomic E-state index is 0.704. The highest BCUT2D eigenvalue weighted by molar-refractivity contribution is 9.10.